The van der Waals surface area contributed by atoms with Gasteiger partial charge in [0, 0.05) is 4.47 Å². The third kappa shape index (κ3) is 5.27. The highest BCUT2D eigenvalue weighted by molar-refractivity contribution is 9.10. The molecule has 0 heterocycles. The lowest BCUT2D eigenvalue weighted by Gasteiger charge is -2.26. The van der Waals surface area contributed by atoms with Crippen LogP contribution in [0.15, 0.2) is 53.0 Å². The predicted octanol–water partition coefficient (Wildman–Crippen LogP) is 5.27. The Morgan fingerprint density at radius 2 is 1.81 bits per heavy atom. The third-order valence-corrected chi connectivity index (χ3v) is 6.55. The highest BCUT2D eigenvalue weighted by Gasteiger charge is 2.42. The van der Waals surface area contributed by atoms with Gasteiger partial charge in [0.05, 0.1) is 24.5 Å². The first-order valence-corrected chi connectivity index (χ1v) is 10.8. The number of anilines is 1. The van der Waals surface area contributed by atoms with Gasteiger partial charge in [-0.15, -0.1) is 0 Å². The number of amides is 1. The van der Waals surface area contributed by atoms with E-state index in [9.17, 15) is 14.6 Å². The van der Waals surface area contributed by atoms with Crippen LogP contribution in [0.25, 0.3) is 0 Å². The molecular weight excluding hydrogens is 431 g/mol. The van der Waals surface area contributed by atoms with Gasteiger partial charge in [-0.3, -0.25) is 9.36 Å². The van der Waals surface area contributed by atoms with E-state index in [1.165, 1.54) is 0 Å². The number of carbonyl (C=O) groups excluding carboxylic acids is 1. The Balaban J connectivity index is 2.46. The average molecular weight is 451 g/mol. The fourth-order valence-electron chi connectivity index (χ4n) is 2.58. The second-order valence-electron chi connectivity index (χ2n) is 5.48. The van der Waals surface area contributed by atoms with E-state index in [2.05, 4.69) is 21.2 Å². The molecule has 0 radical (unpaired) electrons. The summed E-state index contributed by atoms with van der Waals surface area (Å²) in [6.45, 7) is 3.65. The molecule has 0 aliphatic heterocycles. The number of rotatable bonds is 8. The van der Waals surface area contributed by atoms with Gasteiger partial charge in [-0.25, -0.2) is 0 Å². The van der Waals surface area contributed by atoms with Crippen molar-refractivity contribution in [3.8, 4) is 6.07 Å². The molecule has 8 heteroatoms. The summed E-state index contributed by atoms with van der Waals surface area (Å²) in [5.41, 5.74) is -0.0389. The van der Waals surface area contributed by atoms with Gasteiger partial charge >= 0.3 is 7.60 Å². The normalized spacial score (nSPS) is 12.2. The molecule has 0 saturated carbocycles. The molecule has 0 aromatic heterocycles. The molecule has 1 N–H and O–H groups in total. The van der Waals surface area contributed by atoms with Crippen LogP contribution in [0.3, 0.4) is 0 Å². The lowest BCUT2D eigenvalue weighted by molar-refractivity contribution is -0.116. The zero-order chi connectivity index (χ0) is 19.9. The molecule has 2 aromatic rings. The van der Waals surface area contributed by atoms with Crippen LogP contribution in [0, 0.1) is 11.3 Å². The summed E-state index contributed by atoms with van der Waals surface area (Å²) in [5.74, 6) is -0.565. The maximum atomic E-state index is 13.4. The Labute approximate surface area is 167 Å². The number of carbonyl (C=O) groups is 1. The SMILES string of the molecule is CCOP(=O)(OCC)C(C(=O)Nc1ccc(Br)cc1C#N)c1ccccc1. The third-order valence-electron chi connectivity index (χ3n) is 3.66. The van der Waals surface area contributed by atoms with Crippen LogP contribution in [0.4, 0.5) is 5.69 Å². The maximum Gasteiger partial charge on any atom is 0.347 e. The van der Waals surface area contributed by atoms with Crippen molar-refractivity contribution >= 4 is 35.1 Å². The predicted molar refractivity (Wildman–Crippen MR) is 108 cm³/mol. The summed E-state index contributed by atoms with van der Waals surface area (Å²) < 4.78 is 24.9. The zero-order valence-corrected chi connectivity index (χ0v) is 17.5. The first-order valence-electron chi connectivity index (χ1n) is 8.39. The summed E-state index contributed by atoms with van der Waals surface area (Å²) in [6.07, 6.45) is 0. The molecule has 2 aromatic carbocycles. The topological polar surface area (TPSA) is 88.4 Å². The summed E-state index contributed by atoms with van der Waals surface area (Å²) in [4.78, 5) is 13.1. The lowest BCUT2D eigenvalue weighted by Crippen LogP contribution is -2.23. The first-order chi connectivity index (χ1) is 12.9. The molecule has 1 amide bonds. The van der Waals surface area contributed by atoms with Crippen LogP contribution < -0.4 is 5.32 Å². The number of hydrogen-bond acceptors (Lipinski definition) is 5. The van der Waals surface area contributed by atoms with Gasteiger partial charge in [-0.05, 0) is 37.6 Å². The van der Waals surface area contributed by atoms with Crippen molar-refractivity contribution in [3.05, 3.63) is 64.1 Å². The van der Waals surface area contributed by atoms with Crippen molar-refractivity contribution in [2.45, 2.75) is 19.5 Å². The average Bonchev–Trinajstić information content (AvgIpc) is 2.64. The van der Waals surface area contributed by atoms with Crippen LogP contribution in [0.1, 0.15) is 30.6 Å². The summed E-state index contributed by atoms with van der Waals surface area (Å²) in [7, 11) is -3.78. The number of halogens is 1. The number of hydrogen-bond donors (Lipinski definition) is 1. The van der Waals surface area contributed by atoms with E-state index in [1.54, 1.807) is 62.4 Å². The minimum absolute atomic E-state index is 0.135. The molecule has 6 nitrogen and oxygen atoms in total. The van der Waals surface area contributed by atoms with E-state index in [1.807, 2.05) is 6.07 Å². The van der Waals surface area contributed by atoms with E-state index >= 15 is 0 Å². The van der Waals surface area contributed by atoms with Gasteiger partial charge < -0.3 is 14.4 Å². The second kappa shape index (κ2) is 9.82. The fourth-order valence-corrected chi connectivity index (χ4v) is 4.92. The number of nitrogens with one attached hydrogen (secondary N) is 1. The van der Waals surface area contributed by atoms with Crippen molar-refractivity contribution in [2.75, 3.05) is 18.5 Å². The van der Waals surface area contributed by atoms with Crippen molar-refractivity contribution in [1.29, 1.82) is 5.26 Å². The van der Waals surface area contributed by atoms with E-state index in [0.29, 0.717) is 15.7 Å². The van der Waals surface area contributed by atoms with Crippen molar-refractivity contribution in [3.63, 3.8) is 0 Å². The number of nitriles is 1. The van der Waals surface area contributed by atoms with Crippen LogP contribution in [0.2, 0.25) is 0 Å². The standard InChI is InChI=1S/C19H20BrN2O4P/c1-3-25-27(24,26-4-2)18(14-8-6-5-7-9-14)19(23)22-17-11-10-16(20)12-15(17)13-21/h5-12,18H,3-4H2,1-2H3,(H,22,23). The van der Waals surface area contributed by atoms with Crippen LogP contribution in [-0.4, -0.2) is 19.1 Å². The van der Waals surface area contributed by atoms with Crippen molar-refractivity contribution < 1.29 is 18.4 Å². The van der Waals surface area contributed by atoms with Gasteiger partial charge in [0.2, 0.25) is 5.91 Å². The second-order valence-corrected chi connectivity index (χ2v) is 8.51. The molecule has 142 valence electrons. The molecule has 0 fully saturated rings. The monoisotopic (exact) mass is 450 g/mol. The summed E-state index contributed by atoms with van der Waals surface area (Å²) in [5, 5.41) is 12.0. The Bertz CT molecular complexity index is 873. The molecule has 0 bridgehead atoms. The Morgan fingerprint density at radius 3 is 2.37 bits per heavy atom. The van der Waals surface area contributed by atoms with Crippen LogP contribution in [0.5, 0.6) is 0 Å². The minimum atomic E-state index is -3.78. The molecule has 0 saturated heterocycles. The van der Waals surface area contributed by atoms with Gasteiger partial charge in [-0.1, -0.05) is 46.3 Å². The Hall–Kier alpha value is -1.97. The molecule has 1 unspecified atom stereocenters. The van der Waals surface area contributed by atoms with E-state index < -0.39 is 19.2 Å². The van der Waals surface area contributed by atoms with Crippen molar-refractivity contribution in [2.24, 2.45) is 0 Å². The van der Waals surface area contributed by atoms with Crippen LogP contribution in [-0.2, 0) is 18.4 Å². The van der Waals surface area contributed by atoms with Gasteiger partial charge in [0.25, 0.3) is 0 Å². The fraction of sp³-hybridized carbons (Fsp3) is 0.263. The summed E-state index contributed by atoms with van der Waals surface area (Å²) >= 11 is 3.29. The van der Waals surface area contributed by atoms with Crippen molar-refractivity contribution in [1.82, 2.24) is 0 Å². The molecule has 0 aliphatic carbocycles. The molecule has 1 atom stereocenters. The van der Waals surface area contributed by atoms with Gasteiger partial charge in [-0.2, -0.15) is 5.26 Å². The van der Waals surface area contributed by atoms with E-state index in [-0.39, 0.29) is 18.8 Å². The Morgan fingerprint density at radius 1 is 1.19 bits per heavy atom. The van der Waals surface area contributed by atoms with E-state index in [0.717, 1.165) is 0 Å². The lowest BCUT2D eigenvalue weighted by atomic mass is 10.1. The largest absolute Gasteiger partial charge is 0.347 e. The maximum absolute atomic E-state index is 13.4. The molecule has 0 spiro atoms. The van der Waals surface area contributed by atoms with Gasteiger partial charge in [0.1, 0.15) is 6.07 Å². The zero-order valence-electron chi connectivity index (χ0n) is 15.0. The molecule has 2 rings (SSSR count). The first kappa shape index (κ1) is 21.3. The highest BCUT2D eigenvalue weighted by atomic mass is 79.9. The minimum Gasteiger partial charge on any atom is -0.324 e. The number of benzene rings is 2. The smallest absolute Gasteiger partial charge is 0.324 e. The highest BCUT2D eigenvalue weighted by Crippen LogP contribution is 2.61. The number of nitrogens with zero attached hydrogens (tertiary/aromatic N) is 1. The molecular formula is C19H20BrN2O4P. The van der Waals surface area contributed by atoms with Crippen LogP contribution >= 0.6 is 23.5 Å². The Kier molecular flexibility index (Phi) is 7.76. The van der Waals surface area contributed by atoms with Gasteiger partial charge in [0.15, 0.2) is 5.66 Å². The molecule has 27 heavy (non-hydrogen) atoms. The quantitative estimate of drug-likeness (QED) is 0.553. The summed E-state index contributed by atoms with van der Waals surface area (Å²) in [6, 6.07) is 15.6. The molecule has 0 aliphatic rings. The van der Waals surface area contributed by atoms with E-state index in [4.69, 9.17) is 9.05 Å².